The molecule has 1 heterocycles. The highest BCUT2D eigenvalue weighted by molar-refractivity contribution is 4.79. The first-order valence-electron chi connectivity index (χ1n) is 7.75. The van der Waals surface area contributed by atoms with Crippen molar-refractivity contribution >= 4 is 0 Å². The van der Waals surface area contributed by atoms with E-state index in [2.05, 4.69) is 51.8 Å². The lowest BCUT2D eigenvalue weighted by molar-refractivity contribution is -0.0155. The minimum atomic E-state index is -0.00735. The van der Waals surface area contributed by atoms with E-state index < -0.39 is 0 Å². The minimum absolute atomic E-state index is 0.00735. The van der Waals surface area contributed by atoms with Gasteiger partial charge < -0.3 is 15.0 Å². The van der Waals surface area contributed by atoms with Gasteiger partial charge >= 0.3 is 0 Å². The van der Waals surface area contributed by atoms with Crippen LogP contribution in [-0.4, -0.2) is 49.3 Å². The van der Waals surface area contributed by atoms with Gasteiger partial charge in [0, 0.05) is 19.1 Å². The van der Waals surface area contributed by atoms with Crippen LogP contribution in [0.25, 0.3) is 0 Å². The molecule has 0 aliphatic carbocycles. The highest BCUT2D eigenvalue weighted by Crippen LogP contribution is 2.15. The van der Waals surface area contributed by atoms with Gasteiger partial charge in [0.15, 0.2) is 0 Å². The van der Waals surface area contributed by atoms with Crippen molar-refractivity contribution in [3.05, 3.63) is 0 Å². The van der Waals surface area contributed by atoms with Crippen LogP contribution in [0.2, 0.25) is 0 Å². The quantitative estimate of drug-likeness (QED) is 0.831. The SMILES string of the molecule is CC(C)(C)CNC1CCN(CCOC(C)(C)C)CC1. The van der Waals surface area contributed by atoms with Gasteiger partial charge in [0.25, 0.3) is 0 Å². The summed E-state index contributed by atoms with van der Waals surface area (Å²) in [6.45, 7) is 18.7. The van der Waals surface area contributed by atoms with E-state index >= 15 is 0 Å². The summed E-state index contributed by atoms with van der Waals surface area (Å²) >= 11 is 0. The molecule has 0 unspecified atom stereocenters. The Morgan fingerprint density at radius 1 is 1.05 bits per heavy atom. The zero-order chi connectivity index (χ0) is 14.5. The summed E-state index contributed by atoms with van der Waals surface area (Å²) in [6, 6.07) is 0.707. The highest BCUT2D eigenvalue weighted by Gasteiger charge is 2.21. The number of nitrogens with one attached hydrogen (secondary N) is 1. The van der Waals surface area contributed by atoms with Crippen LogP contribution in [0.3, 0.4) is 0 Å². The molecule has 0 radical (unpaired) electrons. The molecule has 1 rings (SSSR count). The first-order valence-corrected chi connectivity index (χ1v) is 7.75. The first kappa shape index (κ1) is 16.9. The lowest BCUT2D eigenvalue weighted by Gasteiger charge is -2.34. The van der Waals surface area contributed by atoms with E-state index in [1.165, 1.54) is 25.9 Å². The maximum atomic E-state index is 5.79. The van der Waals surface area contributed by atoms with Gasteiger partial charge in [-0.15, -0.1) is 0 Å². The van der Waals surface area contributed by atoms with Gasteiger partial charge in [-0.2, -0.15) is 0 Å². The van der Waals surface area contributed by atoms with Crippen LogP contribution in [0.4, 0.5) is 0 Å². The molecule has 0 atom stereocenters. The first-order chi connectivity index (χ1) is 8.66. The molecule has 0 bridgehead atoms. The molecular formula is C16H34N2O. The van der Waals surface area contributed by atoms with Crippen LogP contribution >= 0.6 is 0 Å². The Hall–Kier alpha value is -0.120. The molecule has 1 saturated heterocycles. The molecule has 3 heteroatoms. The van der Waals surface area contributed by atoms with E-state index in [1.54, 1.807) is 0 Å². The second-order valence-electron chi connectivity index (χ2n) is 8.02. The molecule has 0 aromatic carbocycles. The summed E-state index contributed by atoms with van der Waals surface area (Å²) in [5, 5.41) is 3.70. The third kappa shape index (κ3) is 8.61. The van der Waals surface area contributed by atoms with E-state index in [0.29, 0.717) is 11.5 Å². The summed E-state index contributed by atoms with van der Waals surface area (Å²) in [4.78, 5) is 2.53. The standard InChI is InChI=1S/C16H34N2O/c1-15(2,3)13-17-14-7-9-18(10-8-14)11-12-19-16(4,5)6/h14,17H,7-13H2,1-6H3. The van der Waals surface area contributed by atoms with Gasteiger partial charge in [0.1, 0.15) is 0 Å². The average Bonchev–Trinajstić information content (AvgIpc) is 2.25. The molecule has 19 heavy (non-hydrogen) atoms. The molecule has 0 aromatic heterocycles. The number of hydrogen-bond acceptors (Lipinski definition) is 3. The molecule has 0 spiro atoms. The fourth-order valence-corrected chi connectivity index (χ4v) is 2.29. The summed E-state index contributed by atoms with van der Waals surface area (Å²) in [5.74, 6) is 0. The van der Waals surface area contributed by atoms with Gasteiger partial charge in [-0.1, -0.05) is 20.8 Å². The zero-order valence-corrected chi connectivity index (χ0v) is 13.9. The lowest BCUT2D eigenvalue weighted by Crippen LogP contribution is -2.45. The van der Waals surface area contributed by atoms with Crippen molar-refractivity contribution in [3.8, 4) is 0 Å². The largest absolute Gasteiger partial charge is 0.375 e. The van der Waals surface area contributed by atoms with Crippen LogP contribution in [0.15, 0.2) is 0 Å². The number of rotatable bonds is 5. The van der Waals surface area contributed by atoms with Crippen LogP contribution in [0, 0.1) is 5.41 Å². The van der Waals surface area contributed by atoms with Gasteiger partial charge in [-0.25, -0.2) is 0 Å². The van der Waals surface area contributed by atoms with Gasteiger partial charge in [0.2, 0.25) is 0 Å². The molecule has 1 N–H and O–H groups in total. The van der Waals surface area contributed by atoms with Crippen molar-refractivity contribution in [2.24, 2.45) is 5.41 Å². The predicted molar refractivity (Wildman–Crippen MR) is 82.6 cm³/mol. The Balaban J connectivity index is 2.12. The van der Waals surface area contributed by atoms with Crippen molar-refractivity contribution in [3.63, 3.8) is 0 Å². The monoisotopic (exact) mass is 270 g/mol. The number of piperidine rings is 1. The Labute approximate surface area is 120 Å². The fraction of sp³-hybridized carbons (Fsp3) is 1.00. The Morgan fingerprint density at radius 3 is 2.11 bits per heavy atom. The summed E-state index contributed by atoms with van der Waals surface area (Å²) in [5.41, 5.74) is 0.379. The van der Waals surface area contributed by atoms with Crippen LogP contribution in [0.1, 0.15) is 54.4 Å². The number of likely N-dealkylation sites (tertiary alicyclic amines) is 1. The Bertz CT molecular complexity index is 244. The normalized spacial score (nSPS) is 19.9. The lowest BCUT2D eigenvalue weighted by atomic mass is 9.95. The van der Waals surface area contributed by atoms with Crippen LogP contribution < -0.4 is 5.32 Å². The smallest absolute Gasteiger partial charge is 0.0600 e. The molecule has 1 aliphatic rings. The second kappa shape index (κ2) is 7.05. The third-order valence-electron chi connectivity index (χ3n) is 3.45. The van der Waals surface area contributed by atoms with E-state index in [-0.39, 0.29) is 5.60 Å². The summed E-state index contributed by atoms with van der Waals surface area (Å²) < 4.78 is 5.79. The van der Waals surface area contributed by atoms with Crippen molar-refractivity contribution in [1.29, 1.82) is 0 Å². The van der Waals surface area contributed by atoms with Gasteiger partial charge in [-0.3, -0.25) is 0 Å². The molecule has 1 aliphatic heterocycles. The Kier molecular flexibility index (Phi) is 6.28. The number of hydrogen-bond donors (Lipinski definition) is 1. The topological polar surface area (TPSA) is 24.5 Å². The molecule has 3 nitrogen and oxygen atoms in total. The van der Waals surface area contributed by atoms with Crippen LogP contribution in [-0.2, 0) is 4.74 Å². The maximum absolute atomic E-state index is 5.79. The molecule has 0 saturated carbocycles. The molecule has 1 fully saturated rings. The molecular weight excluding hydrogens is 236 g/mol. The van der Waals surface area contributed by atoms with Gasteiger partial charge in [0.05, 0.1) is 12.2 Å². The minimum Gasteiger partial charge on any atom is -0.375 e. The number of ether oxygens (including phenoxy) is 1. The fourth-order valence-electron chi connectivity index (χ4n) is 2.29. The third-order valence-corrected chi connectivity index (χ3v) is 3.45. The highest BCUT2D eigenvalue weighted by atomic mass is 16.5. The average molecular weight is 270 g/mol. The zero-order valence-electron chi connectivity index (χ0n) is 13.9. The predicted octanol–water partition coefficient (Wildman–Crippen LogP) is 2.90. The van der Waals surface area contributed by atoms with E-state index in [0.717, 1.165) is 19.7 Å². The van der Waals surface area contributed by atoms with Crippen molar-refractivity contribution in [2.75, 3.05) is 32.8 Å². The molecule has 0 amide bonds. The molecule has 0 aromatic rings. The van der Waals surface area contributed by atoms with Gasteiger partial charge in [-0.05, 0) is 52.1 Å². The van der Waals surface area contributed by atoms with E-state index in [1.807, 2.05) is 0 Å². The summed E-state index contributed by atoms with van der Waals surface area (Å²) in [7, 11) is 0. The van der Waals surface area contributed by atoms with E-state index in [4.69, 9.17) is 4.74 Å². The second-order valence-corrected chi connectivity index (χ2v) is 8.02. The Morgan fingerprint density at radius 2 is 1.63 bits per heavy atom. The number of nitrogens with zero attached hydrogens (tertiary/aromatic N) is 1. The van der Waals surface area contributed by atoms with Crippen molar-refractivity contribution < 1.29 is 4.74 Å². The van der Waals surface area contributed by atoms with E-state index in [9.17, 15) is 0 Å². The summed E-state index contributed by atoms with van der Waals surface area (Å²) in [6.07, 6.45) is 2.54. The van der Waals surface area contributed by atoms with Crippen molar-refractivity contribution in [1.82, 2.24) is 10.2 Å². The van der Waals surface area contributed by atoms with Crippen LogP contribution in [0.5, 0.6) is 0 Å². The van der Waals surface area contributed by atoms with Crippen molar-refractivity contribution in [2.45, 2.75) is 66.0 Å². The maximum Gasteiger partial charge on any atom is 0.0600 e. The molecule has 114 valence electrons.